The molecule has 2 unspecified atom stereocenters. The molecule has 1 aromatic heterocycles. The minimum absolute atomic E-state index is 0.368. The maximum atomic E-state index is 5.78. The molecule has 1 aliphatic rings. The van der Waals surface area contributed by atoms with Gasteiger partial charge in [-0.1, -0.05) is 30.3 Å². The first-order chi connectivity index (χ1) is 9.76. The van der Waals surface area contributed by atoms with Crippen molar-refractivity contribution in [2.75, 3.05) is 18.2 Å². The minimum Gasteiger partial charge on any atom is -0.384 e. The Morgan fingerprint density at radius 3 is 2.85 bits per heavy atom. The van der Waals surface area contributed by atoms with Crippen molar-refractivity contribution in [2.24, 2.45) is 0 Å². The van der Waals surface area contributed by atoms with E-state index in [1.165, 1.54) is 5.56 Å². The number of nitrogens with two attached hydrogens (primary N) is 1. The monoisotopic (exact) mass is 270 g/mol. The number of hydrogen-bond acceptors (Lipinski definition) is 5. The van der Waals surface area contributed by atoms with Crippen LogP contribution in [0.1, 0.15) is 23.7 Å². The first-order valence-electron chi connectivity index (χ1n) is 6.70. The molecule has 2 aromatic rings. The highest BCUT2D eigenvalue weighted by atomic mass is 16.5. The van der Waals surface area contributed by atoms with Crippen LogP contribution in [0, 0.1) is 0 Å². The molecule has 0 radical (unpaired) electrons. The Kier molecular flexibility index (Phi) is 3.52. The summed E-state index contributed by atoms with van der Waals surface area (Å²) in [7, 11) is 1.62. The predicted molar refractivity (Wildman–Crippen MR) is 78.4 cm³/mol. The third-order valence-corrected chi connectivity index (χ3v) is 3.42. The van der Waals surface area contributed by atoms with Crippen LogP contribution < -0.4 is 11.1 Å². The van der Waals surface area contributed by atoms with Crippen LogP contribution in [-0.2, 0) is 11.3 Å². The summed E-state index contributed by atoms with van der Waals surface area (Å²) >= 11 is 0. The third kappa shape index (κ3) is 2.88. The number of benzene rings is 1. The molecular weight excluding hydrogens is 252 g/mol. The predicted octanol–water partition coefficient (Wildman–Crippen LogP) is 2.17. The molecular formula is C15H18N4O. The molecule has 0 amide bonds. The summed E-state index contributed by atoms with van der Waals surface area (Å²) in [6.45, 7) is 0.368. The van der Waals surface area contributed by atoms with E-state index in [1.54, 1.807) is 13.2 Å². The summed E-state index contributed by atoms with van der Waals surface area (Å²) in [4.78, 5) is 8.53. The Morgan fingerprint density at radius 1 is 1.30 bits per heavy atom. The number of ether oxygens (including phenoxy) is 1. The Labute approximate surface area is 118 Å². The van der Waals surface area contributed by atoms with Gasteiger partial charge in [0.25, 0.3) is 0 Å². The zero-order chi connectivity index (χ0) is 13.9. The molecule has 2 atom stereocenters. The van der Waals surface area contributed by atoms with Gasteiger partial charge in [0.15, 0.2) is 5.82 Å². The van der Waals surface area contributed by atoms with Gasteiger partial charge >= 0.3 is 0 Å². The number of aromatic nitrogens is 2. The number of nitrogens with zero attached hydrogens (tertiary/aromatic N) is 2. The van der Waals surface area contributed by atoms with Gasteiger partial charge in [0.1, 0.15) is 18.2 Å². The second-order valence-electron chi connectivity index (χ2n) is 5.03. The van der Waals surface area contributed by atoms with Crippen LogP contribution >= 0.6 is 0 Å². The van der Waals surface area contributed by atoms with Gasteiger partial charge in [-0.3, -0.25) is 0 Å². The molecule has 3 N–H and O–H groups in total. The van der Waals surface area contributed by atoms with Crippen molar-refractivity contribution in [3.8, 4) is 0 Å². The normalized spacial score (nSPS) is 20.6. The minimum atomic E-state index is 0.368. The summed E-state index contributed by atoms with van der Waals surface area (Å²) in [5, 5.41) is 3.42. The van der Waals surface area contributed by atoms with Gasteiger partial charge in [0.05, 0.1) is 0 Å². The van der Waals surface area contributed by atoms with Crippen LogP contribution in [0.4, 0.5) is 11.6 Å². The highest BCUT2D eigenvalue weighted by Crippen LogP contribution is 2.42. The molecule has 1 saturated carbocycles. The molecule has 1 aliphatic carbocycles. The summed E-state index contributed by atoms with van der Waals surface area (Å²) in [6, 6.07) is 12.7. The smallest absolute Gasteiger partial charge is 0.158 e. The molecule has 0 saturated heterocycles. The Bertz CT molecular complexity index is 588. The van der Waals surface area contributed by atoms with Crippen molar-refractivity contribution in [2.45, 2.75) is 25.0 Å². The van der Waals surface area contributed by atoms with E-state index in [4.69, 9.17) is 10.5 Å². The number of nitrogen functional groups attached to an aromatic ring is 1. The first kappa shape index (κ1) is 12.9. The summed E-state index contributed by atoms with van der Waals surface area (Å²) in [5.41, 5.74) is 7.15. The summed E-state index contributed by atoms with van der Waals surface area (Å²) in [6.07, 6.45) is 1.12. The Hall–Kier alpha value is -2.14. The molecule has 1 aromatic carbocycles. The fourth-order valence-electron chi connectivity index (χ4n) is 2.40. The van der Waals surface area contributed by atoms with Crippen molar-refractivity contribution in [3.05, 3.63) is 47.8 Å². The lowest BCUT2D eigenvalue weighted by Gasteiger charge is -2.08. The average molecular weight is 270 g/mol. The third-order valence-electron chi connectivity index (χ3n) is 3.42. The second-order valence-corrected chi connectivity index (χ2v) is 5.03. The SMILES string of the molecule is COCc1nc(N)cc(NC2CC2c2ccccc2)n1. The zero-order valence-corrected chi connectivity index (χ0v) is 11.4. The van der Waals surface area contributed by atoms with Crippen LogP contribution in [0.3, 0.4) is 0 Å². The molecule has 0 spiro atoms. The fraction of sp³-hybridized carbons (Fsp3) is 0.333. The van der Waals surface area contributed by atoms with Crippen LogP contribution in [0.25, 0.3) is 0 Å². The standard InChI is InChI=1S/C15H18N4O/c1-20-9-15-18-13(16)8-14(19-15)17-12-7-11(12)10-5-3-2-4-6-10/h2-6,8,11-12H,7,9H2,1H3,(H3,16,17,18,19). The van der Waals surface area contributed by atoms with Crippen LogP contribution in [0.5, 0.6) is 0 Å². The number of hydrogen-bond donors (Lipinski definition) is 2. The lowest BCUT2D eigenvalue weighted by atomic mass is 10.1. The lowest BCUT2D eigenvalue weighted by molar-refractivity contribution is 0.178. The number of nitrogens with one attached hydrogen (secondary N) is 1. The Morgan fingerprint density at radius 2 is 2.10 bits per heavy atom. The molecule has 0 aliphatic heterocycles. The molecule has 1 heterocycles. The second kappa shape index (κ2) is 5.46. The molecule has 5 heteroatoms. The van der Waals surface area contributed by atoms with Crippen molar-refractivity contribution in [1.82, 2.24) is 9.97 Å². The van der Waals surface area contributed by atoms with Gasteiger partial charge in [0, 0.05) is 25.1 Å². The topological polar surface area (TPSA) is 73.1 Å². The summed E-state index contributed by atoms with van der Waals surface area (Å²) < 4.78 is 5.04. The van der Waals surface area contributed by atoms with Crippen molar-refractivity contribution >= 4 is 11.6 Å². The van der Waals surface area contributed by atoms with Gasteiger partial charge in [-0.05, 0) is 12.0 Å². The van der Waals surface area contributed by atoms with E-state index in [0.29, 0.717) is 30.2 Å². The maximum Gasteiger partial charge on any atom is 0.158 e. The van der Waals surface area contributed by atoms with Crippen molar-refractivity contribution in [1.29, 1.82) is 0 Å². The van der Waals surface area contributed by atoms with Crippen LogP contribution in [0.2, 0.25) is 0 Å². The fourth-order valence-corrected chi connectivity index (χ4v) is 2.40. The van der Waals surface area contributed by atoms with E-state index < -0.39 is 0 Å². The van der Waals surface area contributed by atoms with E-state index in [-0.39, 0.29) is 0 Å². The van der Waals surface area contributed by atoms with E-state index in [0.717, 1.165) is 12.2 Å². The van der Waals surface area contributed by atoms with E-state index in [9.17, 15) is 0 Å². The van der Waals surface area contributed by atoms with Crippen molar-refractivity contribution < 1.29 is 4.74 Å². The molecule has 5 nitrogen and oxygen atoms in total. The summed E-state index contributed by atoms with van der Waals surface area (Å²) in [5.74, 6) is 2.39. The zero-order valence-electron chi connectivity index (χ0n) is 11.4. The van der Waals surface area contributed by atoms with Crippen molar-refractivity contribution in [3.63, 3.8) is 0 Å². The molecule has 3 rings (SSSR count). The molecule has 20 heavy (non-hydrogen) atoms. The molecule has 104 valence electrons. The van der Waals surface area contributed by atoms with Crippen LogP contribution in [-0.4, -0.2) is 23.1 Å². The van der Waals surface area contributed by atoms with Gasteiger partial charge in [-0.2, -0.15) is 0 Å². The molecule has 1 fully saturated rings. The lowest BCUT2D eigenvalue weighted by Crippen LogP contribution is -2.09. The largest absolute Gasteiger partial charge is 0.384 e. The Balaban J connectivity index is 1.68. The van der Waals surface area contributed by atoms with E-state index >= 15 is 0 Å². The first-order valence-corrected chi connectivity index (χ1v) is 6.70. The molecule has 0 bridgehead atoms. The van der Waals surface area contributed by atoms with E-state index in [2.05, 4.69) is 39.6 Å². The van der Waals surface area contributed by atoms with Gasteiger partial charge in [-0.25, -0.2) is 9.97 Å². The van der Waals surface area contributed by atoms with Gasteiger partial charge in [0.2, 0.25) is 0 Å². The maximum absolute atomic E-state index is 5.78. The van der Waals surface area contributed by atoms with Crippen LogP contribution in [0.15, 0.2) is 36.4 Å². The average Bonchev–Trinajstić information content (AvgIpc) is 3.19. The van der Waals surface area contributed by atoms with Gasteiger partial charge < -0.3 is 15.8 Å². The van der Waals surface area contributed by atoms with Gasteiger partial charge in [-0.15, -0.1) is 0 Å². The highest BCUT2D eigenvalue weighted by Gasteiger charge is 2.38. The number of anilines is 2. The number of rotatable bonds is 5. The quantitative estimate of drug-likeness (QED) is 0.871. The number of methoxy groups -OCH3 is 1. The highest BCUT2D eigenvalue weighted by molar-refractivity contribution is 5.48. The van der Waals surface area contributed by atoms with E-state index in [1.807, 2.05) is 6.07 Å².